The van der Waals surface area contributed by atoms with Crippen LogP contribution in [0.2, 0.25) is 0 Å². The minimum Gasteiger partial charge on any atom is -0.340 e. The average molecular weight is 302 g/mol. The highest BCUT2D eigenvalue weighted by molar-refractivity contribution is 9.11. The lowest BCUT2D eigenvalue weighted by Gasteiger charge is -2.11. The smallest absolute Gasteiger partial charge is 0.275 e. The number of amides is 1. The van der Waals surface area contributed by atoms with Crippen LogP contribution in [0.3, 0.4) is 0 Å². The SMILES string of the molecule is C#CCNC(=O)C[NH+](C)Cc1ccc(Br)s1. The second-order valence-corrected chi connectivity index (χ2v) is 6.04. The highest BCUT2D eigenvalue weighted by Crippen LogP contribution is 2.20. The van der Waals surface area contributed by atoms with Crippen molar-refractivity contribution < 1.29 is 9.69 Å². The largest absolute Gasteiger partial charge is 0.340 e. The normalized spacial score (nSPS) is 11.8. The van der Waals surface area contributed by atoms with Crippen molar-refractivity contribution in [2.24, 2.45) is 0 Å². The molecule has 1 aromatic rings. The lowest BCUT2D eigenvalue weighted by Crippen LogP contribution is -3.08. The van der Waals surface area contributed by atoms with Gasteiger partial charge in [0, 0.05) is 0 Å². The van der Waals surface area contributed by atoms with Crippen LogP contribution in [0.25, 0.3) is 0 Å². The minimum absolute atomic E-state index is 0.00827. The topological polar surface area (TPSA) is 33.5 Å². The molecule has 16 heavy (non-hydrogen) atoms. The predicted octanol–water partition coefficient (Wildman–Crippen LogP) is 0.275. The fraction of sp³-hybridized carbons (Fsp3) is 0.364. The third-order valence-corrected chi connectivity index (χ3v) is 3.58. The number of carbonyl (C=O) groups is 1. The molecule has 0 radical (unpaired) electrons. The summed E-state index contributed by atoms with van der Waals surface area (Å²) in [7, 11) is 1.99. The quantitative estimate of drug-likeness (QED) is 0.753. The van der Waals surface area contributed by atoms with Gasteiger partial charge >= 0.3 is 0 Å². The van der Waals surface area contributed by atoms with Crippen LogP contribution in [0.5, 0.6) is 0 Å². The van der Waals surface area contributed by atoms with Gasteiger partial charge in [-0.25, -0.2) is 0 Å². The molecule has 1 rings (SSSR count). The Morgan fingerprint density at radius 2 is 2.44 bits per heavy atom. The third-order valence-electron chi connectivity index (χ3n) is 1.95. The Labute approximate surface area is 108 Å². The maximum Gasteiger partial charge on any atom is 0.275 e. The molecular weight excluding hydrogens is 288 g/mol. The zero-order valence-corrected chi connectivity index (χ0v) is 11.5. The number of nitrogens with one attached hydrogen (secondary N) is 2. The summed E-state index contributed by atoms with van der Waals surface area (Å²) in [6, 6.07) is 4.09. The molecule has 0 aliphatic heterocycles. The minimum atomic E-state index is -0.00827. The van der Waals surface area contributed by atoms with Crippen LogP contribution >= 0.6 is 27.3 Å². The predicted molar refractivity (Wildman–Crippen MR) is 69.3 cm³/mol. The van der Waals surface area contributed by atoms with E-state index in [9.17, 15) is 4.79 Å². The molecule has 1 unspecified atom stereocenters. The lowest BCUT2D eigenvalue weighted by molar-refractivity contribution is -0.885. The first-order valence-electron chi connectivity index (χ1n) is 4.87. The zero-order chi connectivity index (χ0) is 12.0. The average Bonchev–Trinajstić information content (AvgIpc) is 2.60. The van der Waals surface area contributed by atoms with Crippen LogP contribution in [0.1, 0.15) is 4.88 Å². The van der Waals surface area contributed by atoms with E-state index >= 15 is 0 Å². The fourth-order valence-electron chi connectivity index (χ4n) is 1.29. The molecule has 86 valence electrons. The first kappa shape index (κ1) is 13.2. The summed E-state index contributed by atoms with van der Waals surface area (Å²) in [6.45, 7) is 1.59. The lowest BCUT2D eigenvalue weighted by atomic mass is 10.4. The molecule has 1 atom stereocenters. The van der Waals surface area contributed by atoms with Gasteiger partial charge < -0.3 is 10.2 Å². The van der Waals surface area contributed by atoms with E-state index in [-0.39, 0.29) is 5.91 Å². The van der Waals surface area contributed by atoms with Crippen LogP contribution in [0.15, 0.2) is 15.9 Å². The van der Waals surface area contributed by atoms with Crippen molar-refractivity contribution in [2.75, 3.05) is 20.1 Å². The van der Waals surface area contributed by atoms with E-state index in [1.807, 2.05) is 13.1 Å². The van der Waals surface area contributed by atoms with Crippen molar-refractivity contribution >= 4 is 33.2 Å². The van der Waals surface area contributed by atoms with Crippen molar-refractivity contribution in [1.29, 1.82) is 0 Å². The van der Waals surface area contributed by atoms with Gasteiger partial charge in [0.25, 0.3) is 5.91 Å². The highest BCUT2D eigenvalue weighted by Gasteiger charge is 2.10. The van der Waals surface area contributed by atoms with Gasteiger partial charge in [0.2, 0.25) is 0 Å². The fourth-order valence-corrected chi connectivity index (χ4v) is 2.89. The van der Waals surface area contributed by atoms with Gasteiger partial charge in [-0.2, -0.15) is 0 Å². The van der Waals surface area contributed by atoms with E-state index in [0.29, 0.717) is 13.1 Å². The second kappa shape index (κ2) is 6.69. The summed E-state index contributed by atoms with van der Waals surface area (Å²) >= 11 is 5.11. The van der Waals surface area contributed by atoms with Crippen LogP contribution < -0.4 is 10.2 Å². The van der Waals surface area contributed by atoms with E-state index in [1.54, 1.807) is 11.3 Å². The maximum atomic E-state index is 11.4. The highest BCUT2D eigenvalue weighted by atomic mass is 79.9. The summed E-state index contributed by atoms with van der Waals surface area (Å²) in [6.07, 6.45) is 5.06. The van der Waals surface area contributed by atoms with Crippen molar-refractivity contribution in [3.05, 3.63) is 20.8 Å². The van der Waals surface area contributed by atoms with Gasteiger partial charge in [-0.05, 0) is 28.1 Å². The Kier molecular flexibility index (Phi) is 5.53. The number of rotatable bonds is 5. The van der Waals surface area contributed by atoms with Crippen LogP contribution in [0.4, 0.5) is 0 Å². The van der Waals surface area contributed by atoms with Gasteiger partial charge in [-0.3, -0.25) is 4.79 Å². The zero-order valence-electron chi connectivity index (χ0n) is 9.05. The molecule has 5 heteroatoms. The van der Waals surface area contributed by atoms with Gasteiger partial charge in [-0.1, -0.05) is 5.92 Å². The number of hydrogen-bond donors (Lipinski definition) is 2. The van der Waals surface area contributed by atoms with Crippen LogP contribution in [-0.4, -0.2) is 26.0 Å². The van der Waals surface area contributed by atoms with Gasteiger partial charge in [0.15, 0.2) is 6.54 Å². The van der Waals surface area contributed by atoms with E-state index in [2.05, 4.69) is 33.2 Å². The number of quaternary nitrogens is 1. The van der Waals surface area contributed by atoms with Crippen molar-refractivity contribution in [3.63, 3.8) is 0 Å². The molecule has 0 aliphatic rings. The first-order chi connectivity index (χ1) is 7.61. The number of thiophene rings is 1. The second-order valence-electron chi connectivity index (χ2n) is 3.50. The number of terminal acetylenes is 1. The number of halogens is 1. The van der Waals surface area contributed by atoms with E-state index < -0.39 is 0 Å². The molecule has 0 saturated carbocycles. The van der Waals surface area contributed by atoms with Crippen molar-refractivity contribution in [2.45, 2.75) is 6.54 Å². The first-order valence-corrected chi connectivity index (χ1v) is 6.48. The molecule has 0 aromatic carbocycles. The molecule has 1 heterocycles. The van der Waals surface area contributed by atoms with E-state index in [0.717, 1.165) is 15.2 Å². The summed E-state index contributed by atoms with van der Waals surface area (Å²) in [5, 5.41) is 2.65. The van der Waals surface area contributed by atoms with Crippen LogP contribution in [0, 0.1) is 12.3 Å². The molecule has 0 saturated heterocycles. The van der Waals surface area contributed by atoms with E-state index in [4.69, 9.17) is 6.42 Å². The Hall–Kier alpha value is -0.830. The molecule has 0 spiro atoms. The molecule has 2 N–H and O–H groups in total. The Balaban J connectivity index is 2.33. The molecule has 1 amide bonds. The molecule has 1 aromatic heterocycles. The number of carbonyl (C=O) groups excluding carboxylic acids is 1. The van der Waals surface area contributed by atoms with Gasteiger partial charge in [0.1, 0.15) is 6.54 Å². The van der Waals surface area contributed by atoms with Crippen LogP contribution in [-0.2, 0) is 11.3 Å². The molecule has 0 aliphatic carbocycles. The molecule has 0 bridgehead atoms. The number of hydrogen-bond acceptors (Lipinski definition) is 2. The Morgan fingerprint density at radius 3 is 3.00 bits per heavy atom. The summed E-state index contributed by atoms with van der Waals surface area (Å²) in [4.78, 5) is 13.8. The number of likely N-dealkylation sites (N-methyl/N-ethyl adjacent to an activating group) is 1. The van der Waals surface area contributed by atoms with E-state index in [1.165, 1.54) is 4.88 Å². The summed E-state index contributed by atoms with van der Waals surface area (Å²) < 4.78 is 1.12. The summed E-state index contributed by atoms with van der Waals surface area (Å²) in [5.41, 5.74) is 0. The maximum absolute atomic E-state index is 11.4. The Morgan fingerprint density at radius 1 is 1.69 bits per heavy atom. The van der Waals surface area contributed by atoms with Crippen molar-refractivity contribution in [1.82, 2.24) is 5.32 Å². The van der Waals surface area contributed by atoms with Gasteiger partial charge in [0.05, 0.1) is 22.3 Å². The monoisotopic (exact) mass is 301 g/mol. The van der Waals surface area contributed by atoms with Gasteiger partial charge in [-0.15, -0.1) is 17.8 Å². The summed E-state index contributed by atoms with van der Waals surface area (Å²) in [5.74, 6) is 2.37. The third kappa shape index (κ3) is 4.79. The molecule has 0 fully saturated rings. The molecular formula is C11H14BrN2OS+. The molecule has 3 nitrogen and oxygen atoms in total. The van der Waals surface area contributed by atoms with Crippen molar-refractivity contribution in [3.8, 4) is 12.3 Å². The standard InChI is InChI=1S/C11H13BrN2OS/c1-3-6-13-11(15)8-14(2)7-9-4-5-10(12)16-9/h1,4-5H,6-8H2,2H3,(H,13,15)/p+1. The Bertz CT molecular complexity index is 397.